The lowest BCUT2D eigenvalue weighted by molar-refractivity contribution is 0.291. The second-order valence-electron chi connectivity index (χ2n) is 4.85. The Balaban J connectivity index is 0.000000593. The maximum atomic E-state index is 11.8. The molecule has 0 saturated heterocycles. The molecule has 0 saturated carbocycles. The fourth-order valence-electron chi connectivity index (χ4n) is 1.48. The van der Waals surface area contributed by atoms with Crippen LogP contribution in [-0.2, 0) is 4.57 Å². The molecule has 0 aliphatic rings. The van der Waals surface area contributed by atoms with Crippen LogP contribution in [0.25, 0.3) is 0 Å². The average molecular weight is 338 g/mol. The van der Waals surface area contributed by atoms with Gasteiger partial charge in [0.2, 0.25) is 0 Å². The Labute approximate surface area is 136 Å². The van der Waals surface area contributed by atoms with Gasteiger partial charge in [-0.3, -0.25) is 4.89 Å². The van der Waals surface area contributed by atoms with E-state index in [1.807, 2.05) is 13.8 Å². The number of nitrogens with two attached hydrogens (primary N) is 2. The zero-order valence-electron chi connectivity index (χ0n) is 13.3. The van der Waals surface area contributed by atoms with Crippen LogP contribution in [0.15, 0.2) is 48.5 Å². The Morgan fingerprint density at radius 1 is 0.826 bits per heavy atom. The summed E-state index contributed by atoms with van der Waals surface area (Å²) in [7, 11) is -4.17. The van der Waals surface area contributed by atoms with Gasteiger partial charge in [0.1, 0.15) is 11.5 Å². The van der Waals surface area contributed by atoms with Crippen molar-refractivity contribution in [2.24, 2.45) is 11.5 Å². The standard InChI is InChI=1S/C14H15O4P.C2H8N2/c1-11-3-7-13(8-4-11)17-19(15,16)18-14-9-5-12(2)6-10-14;3-1-2-4/h3-10H,1-2H3,(H,15,16);1-4H2. The molecule has 0 aliphatic carbocycles. The van der Waals surface area contributed by atoms with Gasteiger partial charge in [0.15, 0.2) is 0 Å². The second-order valence-corrected chi connectivity index (χ2v) is 6.16. The minimum absolute atomic E-state index is 0.295. The van der Waals surface area contributed by atoms with Gasteiger partial charge in [-0.05, 0) is 38.1 Å². The first-order chi connectivity index (χ1) is 10.9. The molecule has 0 aromatic heterocycles. The highest BCUT2D eigenvalue weighted by Gasteiger charge is 2.24. The van der Waals surface area contributed by atoms with Gasteiger partial charge in [-0.25, -0.2) is 4.57 Å². The lowest BCUT2D eigenvalue weighted by atomic mass is 10.2. The van der Waals surface area contributed by atoms with Crippen LogP contribution in [0.4, 0.5) is 0 Å². The number of phosphoric ester groups is 1. The minimum atomic E-state index is -4.17. The third kappa shape index (κ3) is 7.81. The lowest BCUT2D eigenvalue weighted by Gasteiger charge is -2.13. The van der Waals surface area contributed by atoms with Crippen LogP contribution >= 0.6 is 7.82 Å². The predicted molar refractivity (Wildman–Crippen MR) is 91.5 cm³/mol. The number of rotatable bonds is 5. The molecule has 23 heavy (non-hydrogen) atoms. The Kier molecular flexibility index (Phi) is 7.78. The smallest absolute Gasteiger partial charge is 0.395 e. The highest BCUT2D eigenvalue weighted by atomic mass is 31.2. The van der Waals surface area contributed by atoms with Crippen molar-refractivity contribution < 1.29 is 18.5 Å². The maximum absolute atomic E-state index is 11.8. The van der Waals surface area contributed by atoms with Crippen molar-refractivity contribution in [1.82, 2.24) is 0 Å². The number of hydrogen-bond acceptors (Lipinski definition) is 5. The first kappa shape index (κ1) is 19.2. The van der Waals surface area contributed by atoms with Crippen LogP contribution in [-0.4, -0.2) is 18.0 Å². The molecule has 2 rings (SSSR count). The van der Waals surface area contributed by atoms with E-state index in [9.17, 15) is 9.46 Å². The quantitative estimate of drug-likeness (QED) is 0.724. The van der Waals surface area contributed by atoms with E-state index >= 15 is 0 Å². The summed E-state index contributed by atoms with van der Waals surface area (Å²) < 4.78 is 21.8. The molecule has 6 nitrogen and oxygen atoms in total. The monoisotopic (exact) mass is 338 g/mol. The number of aryl methyl sites for hydroxylation is 2. The van der Waals surface area contributed by atoms with Crippen LogP contribution in [0.1, 0.15) is 11.1 Å². The van der Waals surface area contributed by atoms with E-state index in [1.165, 1.54) is 0 Å². The summed E-state index contributed by atoms with van der Waals surface area (Å²) >= 11 is 0. The Bertz CT molecular complexity index is 576. The van der Waals surface area contributed by atoms with Crippen molar-refractivity contribution in [3.05, 3.63) is 59.7 Å². The van der Waals surface area contributed by atoms with Gasteiger partial charge in [0, 0.05) is 13.1 Å². The molecule has 0 aliphatic heterocycles. The van der Waals surface area contributed by atoms with E-state index in [2.05, 4.69) is 0 Å². The van der Waals surface area contributed by atoms with Crippen molar-refractivity contribution >= 4 is 7.82 Å². The molecular formula is C16H23N2O4P. The van der Waals surface area contributed by atoms with E-state index in [0.717, 1.165) is 11.1 Å². The van der Waals surface area contributed by atoms with Crippen molar-refractivity contribution in [1.29, 1.82) is 0 Å². The number of benzene rings is 2. The van der Waals surface area contributed by atoms with Gasteiger partial charge in [-0.15, -0.1) is 0 Å². The molecule has 2 aromatic carbocycles. The summed E-state index contributed by atoms with van der Waals surface area (Å²) in [4.78, 5) is 9.67. The van der Waals surface area contributed by atoms with E-state index in [4.69, 9.17) is 20.5 Å². The van der Waals surface area contributed by atoms with Crippen molar-refractivity contribution in [3.8, 4) is 11.5 Å². The SMILES string of the molecule is Cc1ccc(OP(=O)(O)Oc2ccc(C)cc2)cc1.NCCN. The maximum Gasteiger partial charge on any atom is 0.584 e. The van der Waals surface area contributed by atoms with Crippen LogP contribution < -0.4 is 20.5 Å². The van der Waals surface area contributed by atoms with Gasteiger partial charge in [-0.2, -0.15) is 0 Å². The van der Waals surface area contributed by atoms with Gasteiger partial charge in [0.05, 0.1) is 0 Å². The molecule has 0 unspecified atom stereocenters. The van der Waals surface area contributed by atoms with Gasteiger partial charge < -0.3 is 20.5 Å². The average Bonchev–Trinajstić information content (AvgIpc) is 2.52. The Morgan fingerprint density at radius 2 is 1.13 bits per heavy atom. The van der Waals surface area contributed by atoms with Crippen LogP contribution in [0, 0.1) is 13.8 Å². The second kappa shape index (κ2) is 9.33. The molecule has 0 heterocycles. The van der Waals surface area contributed by atoms with Crippen LogP contribution in [0.3, 0.4) is 0 Å². The van der Waals surface area contributed by atoms with Crippen molar-refractivity contribution in [3.63, 3.8) is 0 Å². The van der Waals surface area contributed by atoms with Gasteiger partial charge in [-0.1, -0.05) is 35.4 Å². The normalized spacial score (nSPS) is 10.5. The van der Waals surface area contributed by atoms with Crippen molar-refractivity contribution in [2.45, 2.75) is 13.8 Å². The third-order valence-corrected chi connectivity index (χ3v) is 3.53. The molecule has 2 aromatic rings. The fraction of sp³-hybridized carbons (Fsp3) is 0.250. The zero-order valence-corrected chi connectivity index (χ0v) is 14.2. The third-order valence-electron chi connectivity index (χ3n) is 2.65. The van der Waals surface area contributed by atoms with E-state index in [0.29, 0.717) is 24.6 Å². The molecule has 0 fully saturated rings. The summed E-state index contributed by atoms with van der Waals surface area (Å²) in [6.45, 7) is 5.04. The van der Waals surface area contributed by atoms with Gasteiger partial charge in [0.25, 0.3) is 0 Å². The van der Waals surface area contributed by atoms with Crippen LogP contribution in [0.5, 0.6) is 11.5 Å². The van der Waals surface area contributed by atoms with E-state index in [-0.39, 0.29) is 0 Å². The predicted octanol–water partition coefficient (Wildman–Crippen LogP) is 2.77. The zero-order chi connectivity index (χ0) is 17.3. The highest BCUT2D eigenvalue weighted by Crippen LogP contribution is 2.44. The van der Waals surface area contributed by atoms with Crippen LogP contribution in [0.2, 0.25) is 0 Å². The minimum Gasteiger partial charge on any atom is -0.395 e. The molecule has 0 bridgehead atoms. The molecule has 7 heteroatoms. The summed E-state index contributed by atoms with van der Waals surface area (Å²) in [6.07, 6.45) is 0. The first-order valence-corrected chi connectivity index (χ1v) is 8.61. The number of phosphoric acid groups is 1. The molecule has 0 amide bonds. The highest BCUT2D eigenvalue weighted by molar-refractivity contribution is 7.48. The van der Waals surface area contributed by atoms with E-state index < -0.39 is 7.82 Å². The Morgan fingerprint density at radius 3 is 1.39 bits per heavy atom. The summed E-state index contributed by atoms with van der Waals surface area (Å²) in [5.74, 6) is 0.590. The lowest BCUT2D eigenvalue weighted by Crippen LogP contribution is -2.11. The van der Waals surface area contributed by atoms with Gasteiger partial charge >= 0.3 is 7.82 Å². The molecule has 5 N–H and O–H groups in total. The first-order valence-electron chi connectivity index (χ1n) is 7.12. The van der Waals surface area contributed by atoms with Crippen molar-refractivity contribution in [2.75, 3.05) is 13.1 Å². The Hall–Kier alpha value is -1.85. The molecular weight excluding hydrogens is 315 g/mol. The molecule has 0 radical (unpaired) electrons. The summed E-state index contributed by atoms with van der Waals surface area (Å²) in [6, 6.07) is 13.7. The molecule has 126 valence electrons. The number of hydrogen-bond donors (Lipinski definition) is 3. The fourth-order valence-corrected chi connectivity index (χ4v) is 2.30. The summed E-state index contributed by atoms with van der Waals surface area (Å²) in [5.41, 5.74) is 11.9. The largest absolute Gasteiger partial charge is 0.584 e. The topological polar surface area (TPSA) is 108 Å². The molecule has 0 spiro atoms. The van der Waals surface area contributed by atoms with E-state index in [1.54, 1.807) is 48.5 Å². The molecule has 0 atom stereocenters. The summed E-state index contributed by atoms with van der Waals surface area (Å²) in [5, 5.41) is 0.